The van der Waals surface area contributed by atoms with Crippen LogP contribution in [0.2, 0.25) is 10.0 Å². The number of nitrogens with zero attached hydrogens (tertiary/aromatic N) is 5. The third-order valence-corrected chi connectivity index (χ3v) is 5.34. The summed E-state index contributed by atoms with van der Waals surface area (Å²) in [6.07, 6.45) is 8.33. The van der Waals surface area contributed by atoms with Gasteiger partial charge in [0.25, 0.3) is 0 Å². The van der Waals surface area contributed by atoms with Crippen molar-refractivity contribution in [2.24, 2.45) is 21.5 Å². The molecule has 1 aromatic carbocycles. The lowest BCUT2D eigenvalue weighted by Gasteiger charge is -2.45. The topological polar surface area (TPSA) is 97.8 Å². The van der Waals surface area contributed by atoms with Crippen LogP contribution in [0.4, 0.5) is 5.69 Å². The van der Waals surface area contributed by atoms with Crippen LogP contribution in [0.25, 0.3) is 5.69 Å². The second-order valence-corrected chi connectivity index (χ2v) is 7.40. The van der Waals surface area contributed by atoms with Gasteiger partial charge in [-0.2, -0.15) is 10.1 Å². The van der Waals surface area contributed by atoms with Crippen LogP contribution in [0.1, 0.15) is 32.1 Å². The molecule has 4 rings (SSSR count). The fourth-order valence-corrected chi connectivity index (χ4v) is 4.15. The van der Waals surface area contributed by atoms with Gasteiger partial charge in [-0.25, -0.2) is 9.67 Å². The highest BCUT2D eigenvalue weighted by atomic mass is 35.5. The molecule has 2 aromatic rings. The predicted octanol–water partition coefficient (Wildman–Crippen LogP) is 3.29. The zero-order chi connectivity index (χ0) is 18.3. The van der Waals surface area contributed by atoms with Crippen molar-refractivity contribution in [3.8, 4) is 5.69 Å². The van der Waals surface area contributed by atoms with Crippen molar-refractivity contribution in [3.63, 3.8) is 0 Å². The van der Waals surface area contributed by atoms with Crippen LogP contribution >= 0.6 is 23.2 Å². The Morgan fingerprint density at radius 1 is 1.08 bits per heavy atom. The molecule has 9 heteroatoms. The van der Waals surface area contributed by atoms with E-state index in [9.17, 15) is 0 Å². The van der Waals surface area contributed by atoms with Gasteiger partial charge >= 0.3 is 0 Å². The first-order chi connectivity index (χ1) is 12.5. The molecule has 7 nitrogen and oxygen atoms in total. The third kappa shape index (κ3) is 2.91. The number of guanidine groups is 2. The van der Waals surface area contributed by atoms with Gasteiger partial charge in [-0.1, -0.05) is 29.6 Å². The van der Waals surface area contributed by atoms with Crippen molar-refractivity contribution in [2.45, 2.75) is 37.8 Å². The van der Waals surface area contributed by atoms with Gasteiger partial charge in [-0.3, -0.25) is 4.90 Å². The SMILES string of the molecule is NC1=NC2(CCCCC2)N(c2ccc(-n3cc(Cl)cn3)c(Cl)c2)C(N)=N1. The number of benzene rings is 1. The molecule has 1 aromatic heterocycles. The molecule has 2 aliphatic rings. The van der Waals surface area contributed by atoms with Crippen molar-refractivity contribution < 1.29 is 0 Å². The summed E-state index contributed by atoms with van der Waals surface area (Å²) in [6.45, 7) is 0. The molecule has 0 atom stereocenters. The van der Waals surface area contributed by atoms with E-state index in [2.05, 4.69) is 15.1 Å². The highest BCUT2D eigenvalue weighted by Gasteiger charge is 2.42. The fraction of sp³-hybridized carbons (Fsp3) is 0.353. The Labute approximate surface area is 161 Å². The lowest BCUT2D eigenvalue weighted by molar-refractivity contribution is 0.305. The molecule has 1 spiro atoms. The van der Waals surface area contributed by atoms with Crippen LogP contribution in [0.3, 0.4) is 0 Å². The lowest BCUT2D eigenvalue weighted by atomic mass is 9.87. The molecule has 0 radical (unpaired) electrons. The zero-order valence-corrected chi connectivity index (χ0v) is 15.6. The summed E-state index contributed by atoms with van der Waals surface area (Å²) < 4.78 is 1.63. The fourth-order valence-electron chi connectivity index (χ4n) is 3.75. The van der Waals surface area contributed by atoms with Crippen molar-refractivity contribution in [3.05, 3.63) is 40.6 Å². The highest BCUT2D eigenvalue weighted by Crippen LogP contribution is 2.40. The first kappa shape index (κ1) is 17.2. The number of hydrogen-bond acceptors (Lipinski definition) is 6. The molecule has 0 amide bonds. The van der Waals surface area contributed by atoms with E-state index in [1.165, 1.54) is 6.42 Å². The largest absolute Gasteiger partial charge is 0.369 e. The Bertz CT molecular complexity index is 896. The highest BCUT2D eigenvalue weighted by molar-refractivity contribution is 6.33. The maximum atomic E-state index is 6.52. The number of halogens is 2. The quantitative estimate of drug-likeness (QED) is 0.820. The van der Waals surface area contributed by atoms with Crippen LogP contribution < -0.4 is 16.4 Å². The third-order valence-electron chi connectivity index (χ3n) is 4.84. The summed E-state index contributed by atoms with van der Waals surface area (Å²) in [5.74, 6) is 0.569. The Hall–Kier alpha value is -2.25. The van der Waals surface area contributed by atoms with E-state index in [0.717, 1.165) is 37.1 Å². The lowest BCUT2D eigenvalue weighted by Crippen LogP contribution is -2.58. The van der Waals surface area contributed by atoms with Crippen molar-refractivity contribution >= 4 is 40.8 Å². The molecular formula is C17H19Cl2N7. The maximum absolute atomic E-state index is 6.52. The van der Waals surface area contributed by atoms with Crippen molar-refractivity contribution in [1.29, 1.82) is 0 Å². The number of anilines is 1. The van der Waals surface area contributed by atoms with Crippen molar-refractivity contribution in [2.75, 3.05) is 4.90 Å². The summed E-state index contributed by atoms with van der Waals surface area (Å²) in [4.78, 5) is 10.8. The van der Waals surface area contributed by atoms with Gasteiger partial charge < -0.3 is 11.5 Å². The van der Waals surface area contributed by atoms with Gasteiger partial charge in [-0.15, -0.1) is 0 Å². The number of rotatable bonds is 2. The Morgan fingerprint density at radius 3 is 2.50 bits per heavy atom. The van der Waals surface area contributed by atoms with E-state index in [-0.39, 0.29) is 5.96 Å². The van der Waals surface area contributed by atoms with Crippen LogP contribution in [0, 0.1) is 0 Å². The van der Waals surface area contributed by atoms with E-state index >= 15 is 0 Å². The van der Waals surface area contributed by atoms with E-state index in [4.69, 9.17) is 34.7 Å². The molecule has 2 heterocycles. The number of aliphatic imine (C=N–C) groups is 2. The monoisotopic (exact) mass is 391 g/mol. The maximum Gasteiger partial charge on any atom is 0.220 e. The van der Waals surface area contributed by atoms with Gasteiger partial charge in [0.15, 0.2) is 0 Å². The van der Waals surface area contributed by atoms with Crippen molar-refractivity contribution in [1.82, 2.24) is 9.78 Å². The molecule has 1 aliphatic carbocycles. The standard InChI is InChI=1S/C17H19Cl2N7/c18-11-9-22-25(10-11)14-5-4-12(8-13(14)19)26-16(21)23-15(20)24-17(26)6-2-1-3-7-17/h4-5,8-10H,1-3,6-7H2,(H4,20,21,23,24). The molecule has 0 unspecified atom stereocenters. The van der Waals surface area contributed by atoms with Gasteiger partial charge in [0.05, 0.1) is 21.9 Å². The molecule has 1 saturated carbocycles. The summed E-state index contributed by atoms with van der Waals surface area (Å²) >= 11 is 12.5. The van der Waals surface area contributed by atoms with E-state index in [1.54, 1.807) is 17.1 Å². The second kappa shape index (κ2) is 6.48. The van der Waals surface area contributed by atoms with Gasteiger partial charge in [-0.05, 0) is 43.9 Å². The summed E-state index contributed by atoms with van der Waals surface area (Å²) in [6, 6.07) is 5.67. The number of nitrogens with two attached hydrogens (primary N) is 2. The first-order valence-corrected chi connectivity index (χ1v) is 9.24. The summed E-state index contributed by atoms with van der Waals surface area (Å²) in [5, 5.41) is 5.27. The molecule has 4 N–H and O–H groups in total. The number of hydrogen-bond donors (Lipinski definition) is 2. The van der Waals surface area contributed by atoms with Gasteiger partial charge in [0, 0.05) is 11.9 Å². The van der Waals surface area contributed by atoms with E-state index in [0.29, 0.717) is 16.0 Å². The Kier molecular flexibility index (Phi) is 4.28. The minimum absolute atomic E-state index is 0.231. The van der Waals surface area contributed by atoms with Crippen LogP contribution in [0.5, 0.6) is 0 Å². The van der Waals surface area contributed by atoms with Gasteiger partial charge in [0.2, 0.25) is 11.9 Å². The van der Waals surface area contributed by atoms with E-state index in [1.807, 2.05) is 23.1 Å². The minimum Gasteiger partial charge on any atom is -0.369 e. The average molecular weight is 392 g/mol. The molecule has 1 fully saturated rings. The predicted molar refractivity (Wildman–Crippen MR) is 105 cm³/mol. The molecule has 26 heavy (non-hydrogen) atoms. The summed E-state index contributed by atoms with van der Waals surface area (Å²) in [5.41, 5.74) is 13.2. The molecular weight excluding hydrogens is 373 g/mol. The summed E-state index contributed by atoms with van der Waals surface area (Å²) in [7, 11) is 0. The molecule has 0 saturated heterocycles. The second-order valence-electron chi connectivity index (χ2n) is 6.56. The molecule has 1 aliphatic heterocycles. The number of aromatic nitrogens is 2. The Morgan fingerprint density at radius 2 is 1.85 bits per heavy atom. The van der Waals surface area contributed by atoms with E-state index < -0.39 is 5.66 Å². The smallest absolute Gasteiger partial charge is 0.220 e. The minimum atomic E-state index is -0.492. The Balaban J connectivity index is 1.75. The van der Waals surface area contributed by atoms with Crippen LogP contribution in [-0.4, -0.2) is 27.4 Å². The van der Waals surface area contributed by atoms with Crippen LogP contribution in [0.15, 0.2) is 40.6 Å². The molecule has 136 valence electrons. The molecule has 0 bridgehead atoms. The normalized spacial score (nSPS) is 19.4. The van der Waals surface area contributed by atoms with Crippen LogP contribution in [-0.2, 0) is 0 Å². The average Bonchev–Trinajstić information content (AvgIpc) is 3.01. The first-order valence-electron chi connectivity index (χ1n) is 8.48. The van der Waals surface area contributed by atoms with Gasteiger partial charge in [0.1, 0.15) is 5.66 Å². The zero-order valence-electron chi connectivity index (χ0n) is 14.1.